The molecular formula is C22H36O. The van der Waals surface area contributed by atoms with Gasteiger partial charge in [0, 0.05) is 11.8 Å². The van der Waals surface area contributed by atoms with Crippen LogP contribution in [0.5, 0.6) is 0 Å². The van der Waals surface area contributed by atoms with E-state index in [9.17, 15) is 4.79 Å². The minimum absolute atomic E-state index is 0.0281. The summed E-state index contributed by atoms with van der Waals surface area (Å²) in [4.78, 5) is 12.6. The highest BCUT2D eigenvalue weighted by Crippen LogP contribution is 2.68. The average molecular weight is 317 g/mol. The Kier molecular flexibility index (Phi) is 3.57. The smallest absolute Gasteiger partial charge is 0.139 e. The molecule has 4 rings (SSSR count). The summed E-state index contributed by atoms with van der Waals surface area (Å²) < 4.78 is 0. The first-order chi connectivity index (χ1) is 10.8. The lowest BCUT2D eigenvalue weighted by Crippen LogP contribution is -2.58. The van der Waals surface area contributed by atoms with Crippen molar-refractivity contribution in [3.05, 3.63) is 0 Å². The Hall–Kier alpha value is -0.330. The van der Waals surface area contributed by atoms with Crippen LogP contribution in [0, 0.1) is 52.3 Å². The van der Waals surface area contributed by atoms with Crippen LogP contribution in [0.2, 0.25) is 0 Å². The van der Waals surface area contributed by atoms with Crippen molar-refractivity contribution in [3.63, 3.8) is 0 Å². The van der Waals surface area contributed by atoms with Gasteiger partial charge in [-0.15, -0.1) is 0 Å². The van der Waals surface area contributed by atoms with Crippen molar-refractivity contribution in [1.82, 2.24) is 0 Å². The molecule has 0 aliphatic heterocycles. The molecule has 23 heavy (non-hydrogen) atoms. The van der Waals surface area contributed by atoms with Crippen molar-refractivity contribution in [1.29, 1.82) is 0 Å². The molecular weight excluding hydrogens is 280 g/mol. The normalized spacial score (nSPS) is 59.2. The van der Waals surface area contributed by atoms with Crippen LogP contribution in [0.1, 0.15) is 79.6 Å². The number of ketones is 1. The van der Waals surface area contributed by atoms with Gasteiger partial charge in [-0.25, -0.2) is 0 Å². The topological polar surface area (TPSA) is 17.1 Å². The summed E-state index contributed by atoms with van der Waals surface area (Å²) in [7, 11) is 0. The largest absolute Gasteiger partial charge is 0.299 e. The minimum atomic E-state index is 0.0281. The molecule has 0 bridgehead atoms. The molecule has 0 heterocycles. The van der Waals surface area contributed by atoms with Crippen LogP contribution in [-0.4, -0.2) is 5.78 Å². The van der Waals surface area contributed by atoms with Gasteiger partial charge < -0.3 is 0 Å². The molecule has 0 radical (unpaired) electrons. The van der Waals surface area contributed by atoms with E-state index in [0.717, 1.165) is 41.9 Å². The van der Waals surface area contributed by atoms with Gasteiger partial charge in [0.25, 0.3) is 0 Å². The first-order valence-electron chi connectivity index (χ1n) is 10.3. The molecule has 1 nitrogen and oxygen atoms in total. The van der Waals surface area contributed by atoms with E-state index in [2.05, 4.69) is 34.6 Å². The number of rotatable bonds is 0. The van der Waals surface area contributed by atoms with Gasteiger partial charge in [-0.2, -0.15) is 0 Å². The van der Waals surface area contributed by atoms with Gasteiger partial charge >= 0.3 is 0 Å². The fourth-order valence-corrected chi connectivity index (χ4v) is 8.03. The molecule has 0 amide bonds. The maximum atomic E-state index is 12.6. The third-order valence-electron chi connectivity index (χ3n) is 9.64. The van der Waals surface area contributed by atoms with Crippen LogP contribution in [-0.2, 0) is 4.79 Å². The van der Waals surface area contributed by atoms with Crippen LogP contribution >= 0.6 is 0 Å². The van der Waals surface area contributed by atoms with Crippen molar-refractivity contribution in [3.8, 4) is 0 Å². The van der Waals surface area contributed by atoms with Gasteiger partial charge in [0.15, 0.2) is 0 Å². The van der Waals surface area contributed by atoms with E-state index >= 15 is 0 Å². The molecule has 0 spiro atoms. The number of hydrogen-bond donors (Lipinski definition) is 0. The SMILES string of the molecule is CC1CCC2(C)C(C1)C(C)C(C)C1C3CCC(=O)C3(C)CCC12. The first-order valence-corrected chi connectivity index (χ1v) is 10.3. The Morgan fingerprint density at radius 1 is 0.870 bits per heavy atom. The van der Waals surface area contributed by atoms with Crippen molar-refractivity contribution in [2.45, 2.75) is 79.6 Å². The summed E-state index contributed by atoms with van der Waals surface area (Å²) in [6.45, 7) is 12.5. The van der Waals surface area contributed by atoms with Crippen molar-refractivity contribution in [2.75, 3.05) is 0 Å². The van der Waals surface area contributed by atoms with Gasteiger partial charge in [-0.3, -0.25) is 4.79 Å². The van der Waals surface area contributed by atoms with Crippen LogP contribution in [0.4, 0.5) is 0 Å². The van der Waals surface area contributed by atoms with Gasteiger partial charge in [0.1, 0.15) is 5.78 Å². The van der Waals surface area contributed by atoms with Crippen LogP contribution in [0.25, 0.3) is 0 Å². The zero-order valence-electron chi connectivity index (χ0n) is 15.9. The standard InChI is InChI=1S/C22H36O/c1-13-8-10-21(4)17-9-11-22(5)16(6-7-19(22)23)20(17)15(3)14(2)18(21)12-13/h13-18,20H,6-12H2,1-5H3. The van der Waals surface area contributed by atoms with Crippen molar-refractivity contribution >= 4 is 5.78 Å². The van der Waals surface area contributed by atoms with Crippen molar-refractivity contribution < 1.29 is 4.79 Å². The summed E-state index contributed by atoms with van der Waals surface area (Å²) in [6.07, 6.45) is 8.87. The molecule has 0 N–H and O–H groups in total. The Morgan fingerprint density at radius 3 is 2.35 bits per heavy atom. The molecule has 4 fully saturated rings. The molecule has 4 aliphatic carbocycles. The number of Topliss-reactive ketones (excluding diaryl/α,β-unsaturated/α-hetero) is 1. The Labute approximate surface area is 143 Å². The fourth-order valence-electron chi connectivity index (χ4n) is 8.03. The number of carbonyl (C=O) groups excluding carboxylic acids is 1. The Morgan fingerprint density at radius 2 is 1.61 bits per heavy atom. The zero-order valence-corrected chi connectivity index (χ0v) is 15.9. The quantitative estimate of drug-likeness (QED) is 0.558. The molecule has 4 aliphatic rings. The second kappa shape index (κ2) is 5.09. The summed E-state index contributed by atoms with van der Waals surface area (Å²) in [5.74, 6) is 6.44. The van der Waals surface area contributed by atoms with E-state index < -0.39 is 0 Å². The molecule has 9 unspecified atom stereocenters. The molecule has 0 aromatic carbocycles. The van der Waals surface area contributed by atoms with E-state index in [1.807, 2.05) is 0 Å². The van der Waals surface area contributed by atoms with Gasteiger partial charge in [-0.1, -0.05) is 41.0 Å². The summed E-state index contributed by atoms with van der Waals surface area (Å²) in [5.41, 5.74) is 0.580. The highest BCUT2D eigenvalue weighted by Gasteiger charge is 2.63. The van der Waals surface area contributed by atoms with E-state index in [1.54, 1.807) is 0 Å². The summed E-state index contributed by atoms with van der Waals surface area (Å²) in [5, 5.41) is 0. The fraction of sp³-hybridized carbons (Fsp3) is 0.955. The second-order valence-corrected chi connectivity index (χ2v) is 10.4. The zero-order chi connectivity index (χ0) is 16.6. The van der Waals surface area contributed by atoms with E-state index in [4.69, 9.17) is 0 Å². The number of carbonyl (C=O) groups is 1. The highest BCUT2D eigenvalue weighted by atomic mass is 16.1. The number of fused-ring (bicyclic) bond motifs is 5. The monoisotopic (exact) mass is 316 g/mol. The maximum Gasteiger partial charge on any atom is 0.139 e. The molecule has 4 saturated carbocycles. The molecule has 9 atom stereocenters. The lowest BCUT2D eigenvalue weighted by Gasteiger charge is -2.64. The highest BCUT2D eigenvalue weighted by molar-refractivity contribution is 5.87. The van der Waals surface area contributed by atoms with Crippen LogP contribution < -0.4 is 0 Å². The summed E-state index contributed by atoms with van der Waals surface area (Å²) in [6, 6.07) is 0. The van der Waals surface area contributed by atoms with E-state index in [1.165, 1.54) is 38.5 Å². The molecule has 0 aromatic rings. The van der Waals surface area contributed by atoms with Crippen molar-refractivity contribution in [2.24, 2.45) is 52.3 Å². The lowest BCUT2D eigenvalue weighted by molar-refractivity contribution is -0.165. The molecule has 130 valence electrons. The predicted octanol–water partition coefficient (Wildman–Crippen LogP) is 5.73. The summed E-state index contributed by atoms with van der Waals surface area (Å²) >= 11 is 0. The number of hydrogen-bond acceptors (Lipinski definition) is 1. The van der Waals surface area contributed by atoms with Gasteiger partial charge in [0.05, 0.1) is 0 Å². The van der Waals surface area contributed by atoms with Gasteiger partial charge in [-0.05, 0) is 78.9 Å². The third kappa shape index (κ3) is 2.00. The average Bonchev–Trinajstić information content (AvgIpc) is 2.82. The second-order valence-electron chi connectivity index (χ2n) is 10.4. The Balaban J connectivity index is 1.73. The minimum Gasteiger partial charge on any atom is -0.299 e. The van der Waals surface area contributed by atoms with Crippen LogP contribution in [0.15, 0.2) is 0 Å². The third-order valence-corrected chi connectivity index (χ3v) is 9.64. The maximum absolute atomic E-state index is 12.6. The van der Waals surface area contributed by atoms with Gasteiger partial charge in [0.2, 0.25) is 0 Å². The Bertz CT molecular complexity index is 510. The van der Waals surface area contributed by atoms with E-state index in [0.29, 0.717) is 17.1 Å². The molecule has 0 saturated heterocycles. The molecule has 0 aromatic heterocycles. The predicted molar refractivity (Wildman–Crippen MR) is 95.0 cm³/mol. The molecule has 1 heteroatoms. The lowest BCUT2D eigenvalue weighted by atomic mass is 9.40. The van der Waals surface area contributed by atoms with E-state index in [-0.39, 0.29) is 5.41 Å². The first kappa shape index (κ1) is 16.2. The van der Waals surface area contributed by atoms with Crippen LogP contribution in [0.3, 0.4) is 0 Å².